The fourth-order valence-corrected chi connectivity index (χ4v) is 1.98. The van der Waals surface area contributed by atoms with Crippen LogP contribution < -0.4 is 11.1 Å². The first kappa shape index (κ1) is 19.1. The second-order valence-electron chi connectivity index (χ2n) is 5.09. The summed E-state index contributed by atoms with van der Waals surface area (Å²) in [6.07, 6.45) is 3.54. The van der Waals surface area contributed by atoms with Gasteiger partial charge in [0.2, 0.25) is 11.7 Å². The molecular weight excluding hydrogens is 316 g/mol. The lowest BCUT2D eigenvalue weighted by Crippen LogP contribution is -2.24. The summed E-state index contributed by atoms with van der Waals surface area (Å²) in [6, 6.07) is 7.19. The molecule has 0 aliphatic heterocycles. The van der Waals surface area contributed by atoms with Gasteiger partial charge in [-0.25, -0.2) is 0 Å². The molecule has 0 unspecified atom stereocenters. The van der Waals surface area contributed by atoms with Crippen LogP contribution in [0.1, 0.15) is 42.4 Å². The molecule has 0 radical (unpaired) electrons. The van der Waals surface area contributed by atoms with Crippen LogP contribution in [0, 0.1) is 0 Å². The zero-order valence-electron chi connectivity index (χ0n) is 13.2. The minimum absolute atomic E-state index is 0. The monoisotopic (exact) mass is 338 g/mol. The van der Waals surface area contributed by atoms with Gasteiger partial charge in [0, 0.05) is 24.1 Å². The first-order valence-electron chi connectivity index (χ1n) is 7.66. The first-order chi connectivity index (χ1) is 10.7. The fraction of sp³-hybridized carbons (Fsp3) is 0.438. The van der Waals surface area contributed by atoms with Crippen LogP contribution in [0.5, 0.6) is 0 Å². The highest BCUT2D eigenvalue weighted by atomic mass is 35.5. The maximum Gasteiger partial charge on any atom is 0.251 e. The summed E-state index contributed by atoms with van der Waals surface area (Å²) in [5.74, 6) is 1.06. The Morgan fingerprint density at radius 3 is 2.65 bits per heavy atom. The van der Waals surface area contributed by atoms with Crippen molar-refractivity contribution >= 4 is 18.3 Å². The molecule has 1 aromatic carbocycles. The number of hydrogen-bond acceptors (Lipinski definition) is 5. The largest absolute Gasteiger partial charge is 0.352 e. The molecular formula is C16H23ClN4O2. The van der Waals surface area contributed by atoms with E-state index in [4.69, 9.17) is 10.3 Å². The molecule has 23 heavy (non-hydrogen) atoms. The molecule has 6 nitrogen and oxygen atoms in total. The maximum absolute atomic E-state index is 11.9. The topological polar surface area (TPSA) is 94.0 Å². The van der Waals surface area contributed by atoms with Crippen molar-refractivity contribution in [2.24, 2.45) is 5.73 Å². The Labute approximate surface area is 142 Å². The van der Waals surface area contributed by atoms with E-state index in [-0.39, 0.29) is 18.3 Å². The van der Waals surface area contributed by atoms with Crippen molar-refractivity contribution in [2.45, 2.75) is 32.6 Å². The molecule has 0 saturated carbocycles. The first-order valence-corrected chi connectivity index (χ1v) is 7.66. The van der Waals surface area contributed by atoms with E-state index >= 15 is 0 Å². The highest BCUT2D eigenvalue weighted by molar-refractivity contribution is 5.94. The summed E-state index contributed by atoms with van der Waals surface area (Å²) in [4.78, 5) is 16.2. The molecule has 2 aromatic rings. The molecule has 0 saturated heterocycles. The number of aryl methyl sites for hydroxylation is 1. The molecule has 0 aliphatic rings. The molecule has 7 heteroatoms. The highest BCUT2D eigenvalue weighted by Gasteiger charge is 2.10. The number of amides is 1. The number of unbranched alkanes of at least 4 members (excludes halogenated alkanes) is 1. The average Bonchev–Trinajstić information content (AvgIpc) is 3.02. The van der Waals surface area contributed by atoms with Crippen molar-refractivity contribution in [3.05, 3.63) is 35.7 Å². The van der Waals surface area contributed by atoms with Gasteiger partial charge in [0.25, 0.3) is 5.91 Å². The third-order valence-electron chi connectivity index (χ3n) is 3.28. The summed E-state index contributed by atoms with van der Waals surface area (Å²) in [6.45, 7) is 3.39. The van der Waals surface area contributed by atoms with Gasteiger partial charge in [-0.15, -0.1) is 12.4 Å². The molecule has 1 heterocycles. The minimum Gasteiger partial charge on any atom is -0.352 e. The van der Waals surface area contributed by atoms with E-state index in [1.54, 1.807) is 12.1 Å². The standard InChI is InChI=1S/C16H22N4O2.ClH/c1-2-3-11-18-16(21)13-8-6-12(7-9-13)15-19-14(22-20-15)5-4-10-17;/h6-9H,2-5,10-11,17H2,1H3,(H,18,21);1H. The number of nitrogens with two attached hydrogens (primary N) is 1. The normalized spacial score (nSPS) is 10.2. The van der Waals surface area contributed by atoms with Crippen LogP contribution in [0.4, 0.5) is 0 Å². The van der Waals surface area contributed by atoms with E-state index in [0.717, 1.165) is 24.8 Å². The smallest absolute Gasteiger partial charge is 0.251 e. The predicted octanol–water partition coefficient (Wildman–Crippen LogP) is 2.58. The summed E-state index contributed by atoms with van der Waals surface area (Å²) < 4.78 is 5.17. The number of rotatable bonds is 8. The summed E-state index contributed by atoms with van der Waals surface area (Å²) in [7, 11) is 0. The maximum atomic E-state index is 11.9. The lowest BCUT2D eigenvalue weighted by atomic mass is 10.1. The second kappa shape index (κ2) is 9.97. The molecule has 1 amide bonds. The van der Waals surface area contributed by atoms with E-state index in [1.807, 2.05) is 12.1 Å². The SMILES string of the molecule is CCCCNC(=O)c1ccc(-c2noc(CCCN)n2)cc1.Cl. The van der Waals surface area contributed by atoms with Crippen molar-refractivity contribution in [1.82, 2.24) is 15.5 Å². The number of nitrogens with one attached hydrogen (secondary N) is 1. The van der Waals surface area contributed by atoms with Crippen LogP contribution >= 0.6 is 12.4 Å². The Bertz CT molecular complexity index is 598. The lowest BCUT2D eigenvalue weighted by Gasteiger charge is -2.04. The highest BCUT2D eigenvalue weighted by Crippen LogP contribution is 2.17. The van der Waals surface area contributed by atoms with E-state index in [1.165, 1.54) is 0 Å². The minimum atomic E-state index is -0.0586. The van der Waals surface area contributed by atoms with Gasteiger partial charge in [-0.3, -0.25) is 4.79 Å². The number of benzene rings is 1. The summed E-state index contributed by atoms with van der Waals surface area (Å²) >= 11 is 0. The third kappa shape index (κ3) is 5.65. The molecule has 3 N–H and O–H groups in total. The van der Waals surface area contributed by atoms with Crippen molar-refractivity contribution in [3.8, 4) is 11.4 Å². The Morgan fingerprint density at radius 2 is 2.00 bits per heavy atom. The molecule has 126 valence electrons. The Kier molecular flexibility index (Phi) is 8.29. The van der Waals surface area contributed by atoms with Gasteiger partial charge in [-0.1, -0.05) is 30.6 Å². The van der Waals surface area contributed by atoms with Crippen molar-refractivity contribution in [2.75, 3.05) is 13.1 Å². The van der Waals surface area contributed by atoms with Crippen LogP contribution in [-0.4, -0.2) is 29.1 Å². The van der Waals surface area contributed by atoms with Gasteiger partial charge < -0.3 is 15.6 Å². The van der Waals surface area contributed by atoms with Crippen LogP contribution in [0.3, 0.4) is 0 Å². The van der Waals surface area contributed by atoms with Gasteiger partial charge in [0.05, 0.1) is 0 Å². The number of halogens is 1. The van der Waals surface area contributed by atoms with Crippen LogP contribution in [0.2, 0.25) is 0 Å². The van der Waals surface area contributed by atoms with E-state index in [0.29, 0.717) is 36.8 Å². The number of aromatic nitrogens is 2. The van der Waals surface area contributed by atoms with E-state index < -0.39 is 0 Å². The molecule has 1 aromatic heterocycles. The van der Waals surface area contributed by atoms with Crippen LogP contribution in [-0.2, 0) is 6.42 Å². The van der Waals surface area contributed by atoms with Gasteiger partial charge in [-0.2, -0.15) is 4.98 Å². The zero-order valence-corrected chi connectivity index (χ0v) is 14.1. The van der Waals surface area contributed by atoms with Crippen LogP contribution in [0.15, 0.2) is 28.8 Å². The summed E-state index contributed by atoms with van der Waals surface area (Å²) in [5, 5.41) is 6.83. The average molecular weight is 339 g/mol. The molecule has 0 bridgehead atoms. The second-order valence-corrected chi connectivity index (χ2v) is 5.09. The van der Waals surface area contributed by atoms with Crippen molar-refractivity contribution in [3.63, 3.8) is 0 Å². The predicted molar refractivity (Wildman–Crippen MR) is 91.6 cm³/mol. The van der Waals surface area contributed by atoms with Gasteiger partial charge in [0.15, 0.2) is 0 Å². The number of carbonyl (C=O) groups is 1. The van der Waals surface area contributed by atoms with Crippen LogP contribution in [0.25, 0.3) is 11.4 Å². The molecule has 0 atom stereocenters. The molecule has 0 fully saturated rings. The third-order valence-corrected chi connectivity index (χ3v) is 3.28. The van der Waals surface area contributed by atoms with Crippen molar-refractivity contribution < 1.29 is 9.32 Å². The Morgan fingerprint density at radius 1 is 1.26 bits per heavy atom. The van der Waals surface area contributed by atoms with E-state index in [2.05, 4.69) is 22.4 Å². The van der Waals surface area contributed by atoms with E-state index in [9.17, 15) is 4.79 Å². The summed E-state index contributed by atoms with van der Waals surface area (Å²) in [5.41, 5.74) is 6.91. The number of carbonyl (C=O) groups excluding carboxylic acids is 1. The quantitative estimate of drug-likeness (QED) is 0.721. The molecule has 0 spiro atoms. The molecule has 0 aliphatic carbocycles. The fourth-order valence-electron chi connectivity index (χ4n) is 1.98. The molecule has 2 rings (SSSR count). The van der Waals surface area contributed by atoms with Gasteiger partial charge in [0.1, 0.15) is 0 Å². The Balaban J connectivity index is 0.00000264. The van der Waals surface area contributed by atoms with Gasteiger partial charge in [-0.05, 0) is 31.5 Å². The van der Waals surface area contributed by atoms with Gasteiger partial charge >= 0.3 is 0 Å². The number of hydrogen-bond donors (Lipinski definition) is 2. The van der Waals surface area contributed by atoms with Crippen molar-refractivity contribution in [1.29, 1.82) is 0 Å². The Hall–Kier alpha value is -1.92. The zero-order chi connectivity index (χ0) is 15.8. The number of nitrogens with zero attached hydrogens (tertiary/aromatic N) is 2. The lowest BCUT2D eigenvalue weighted by molar-refractivity contribution is 0.0953.